The van der Waals surface area contributed by atoms with Crippen LogP contribution in [-0.2, 0) is 19.6 Å². The lowest BCUT2D eigenvalue weighted by atomic mass is 10.1. The highest BCUT2D eigenvalue weighted by molar-refractivity contribution is 7.91. The average molecular weight is 393 g/mol. The number of likely N-dealkylation sites (N-methyl/N-ethyl adjacent to an activating group) is 1. The molecule has 0 aliphatic carbocycles. The number of nitrogens with one attached hydrogen (secondary N) is 1. The molecule has 26 heavy (non-hydrogen) atoms. The molecule has 3 rings (SSSR count). The van der Waals surface area contributed by atoms with Crippen molar-refractivity contribution in [2.45, 2.75) is 23.6 Å². The van der Waals surface area contributed by atoms with Gasteiger partial charge in [-0.05, 0) is 30.5 Å². The van der Waals surface area contributed by atoms with Gasteiger partial charge in [-0.2, -0.15) is 4.31 Å². The molecule has 0 bridgehead atoms. The van der Waals surface area contributed by atoms with Crippen molar-refractivity contribution in [3.63, 3.8) is 0 Å². The Kier molecular flexibility index (Phi) is 5.12. The van der Waals surface area contributed by atoms with Gasteiger partial charge in [0.25, 0.3) is 10.0 Å². The number of para-hydroxylation sites is 2. The highest BCUT2D eigenvalue weighted by Crippen LogP contribution is 2.31. The first kappa shape index (κ1) is 18.6. The van der Waals surface area contributed by atoms with E-state index in [1.165, 1.54) is 18.0 Å². The topological polar surface area (TPSA) is 86.8 Å². The van der Waals surface area contributed by atoms with E-state index in [2.05, 4.69) is 5.32 Å². The van der Waals surface area contributed by atoms with Crippen LogP contribution in [0.15, 0.2) is 46.0 Å². The number of fused-ring (bicyclic) bond motifs is 1. The van der Waals surface area contributed by atoms with Crippen molar-refractivity contribution < 1.29 is 18.0 Å². The molecule has 1 aromatic carbocycles. The smallest absolute Gasteiger partial charge is 0.252 e. The van der Waals surface area contributed by atoms with E-state index in [4.69, 9.17) is 0 Å². The maximum atomic E-state index is 12.9. The van der Waals surface area contributed by atoms with E-state index in [0.29, 0.717) is 11.4 Å². The summed E-state index contributed by atoms with van der Waals surface area (Å²) in [5, 5.41) is 4.45. The number of nitrogens with zero attached hydrogens (tertiary/aromatic N) is 2. The first-order valence-electron chi connectivity index (χ1n) is 8.01. The average Bonchev–Trinajstić information content (AvgIpc) is 3.07. The zero-order chi connectivity index (χ0) is 18.9. The van der Waals surface area contributed by atoms with Gasteiger partial charge in [0.2, 0.25) is 11.8 Å². The molecule has 1 N–H and O–H groups in total. The Bertz CT molecular complexity index is 925. The number of benzene rings is 1. The summed E-state index contributed by atoms with van der Waals surface area (Å²) in [6.45, 7) is 1.46. The van der Waals surface area contributed by atoms with Gasteiger partial charge in [-0.25, -0.2) is 8.42 Å². The molecular formula is C17H19N3O4S2. The fourth-order valence-electron chi connectivity index (χ4n) is 2.88. The standard InChI is InChI=1S/C17H19N3O4S2/c1-12-10-15(21)18-13-6-3-4-7-14(13)20(12)16(22)11-19(2)26(23,24)17-8-5-9-25-17/h3-9,12H,10-11H2,1-2H3,(H,18,21)/t12-/m1/s1. The van der Waals surface area contributed by atoms with E-state index in [1.807, 2.05) is 0 Å². The molecule has 0 unspecified atom stereocenters. The number of rotatable bonds is 4. The predicted molar refractivity (Wildman–Crippen MR) is 101 cm³/mol. The predicted octanol–water partition coefficient (Wildman–Crippen LogP) is 2.13. The van der Waals surface area contributed by atoms with Crippen LogP contribution >= 0.6 is 11.3 Å². The molecule has 9 heteroatoms. The van der Waals surface area contributed by atoms with Crippen LogP contribution in [0.4, 0.5) is 11.4 Å². The van der Waals surface area contributed by atoms with Crippen molar-refractivity contribution in [3.8, 4) is 0 Å². The molecule has 2 aromatic rings. The molecule has 7 nitrogen and oxygen atoms in total. The van der Waals surface area contributed by atoms with Crippen molar-refractivity contribution in [2.75, 3.05) is 23.8 Å². The SMILES string of the molecule is C[C@@H]1CC(=O)Nc2ccccc2N1C(=O)CN(C)S(=O)(=O)c1cccs1. The summed E-state index contributed by atoms with van der Waals surface area (Å²) in [6, 6.07) is 9.77. The first-order chi connectivity index (χ1) is 12.3. The molecule has 0 radical (unpaired) electrons. The van der Waals surface area contributed by atoms with Crippen LogP contribution in [0.25, 0.3) is 0 Å². The number of carbonyl (C=O) groups excluding carboxylic acids is 2. The number of sulfonamides is 1. The van der Waals surface area contributed by atoms with Crippen LogP contribution < -0.4 is 10.2 Å². The van der Waals surface area contributed by atoms with Crippen LogP contribution in [0.5, 0.6) is 0 Å². The van der Waals surface area contributed by atoms with E-state index >= 15 is 0 Å². The highest BCUT2D eigenvalue weighted by Gasteiger charge is 2.32. The van der Waals surface area contributed by atoms with E-state index in [0.717, 1.165) is 15.6 Å². The molecule has 1 atom stereocenters. The molecular weight excluding hydrogens is 374 g/mol. The normalized spacial score (nSPS) is 17.6. The molecule has 0 spiro atoms. The lowest BCUT2D eigenvalue weighted by molar-refractivity contribution is -0.119. The summed E-state index contributed by atoms with van der Waals surface area (Å²) >= 11 is 1.10. The largest absolute Gasteiger partial charge is 0.324 e. The number of hydrogen-bond acceptors (Lipinski definition) is 5. The highest BCUT2D eigenvalue weighted by atomic mass is 32.2. The van der Waals surface area contributed by atoms with Gasteiger partial charge in [-0.3, -0.25) is 9.59 Å². The van der Waals surface area contributed by atoms with Gasteiger partial charge in [-0.1, -0.05) is 18.2 Å². The van der Waals surface area contributed by atoms with Crippen molar-refractivity contribution >= 4 is 44.5 Å². The summed E-state index contributed by atoms with van der Waals surface area (Å²) in [5.74, 6) is -0.566. The number of thiophene rings is 1. The Morgan fingerprint density at radius 3 is 2.73 bits per heavy atom. The van der Waals surface area contributed by atoms with Crippen molar-refractivity contribution in [3.05, 3.63) is 41.8 Å². The molecule has 0 saturated carbocycles. The van der Waals surface area contributed by atoms with Gasteiger partial charge in [0.1, 0.15) is 4.21 Å². The van der Waals surface area contributed by atoms with Crippen LogP contribution in [0.3, 0.4) is 0 Å². The van der Waals surface area contributed by atoms with Crippen LogP contribution in [-0.4, -0.2) is 44.2 Å². The number of hydrogen-bond donors (Lipinski definition) is 1. The molecule has 1 aliphatic rings. The molecule has 138 valence electrons. The molecule has 1 aliphatic heterocycles. The van der Waals surface area contributed by atoms with Crippen LogP contribution in [0, 0.1) is 0 Å². The Hall–Kier alpha value is -2.23. The second kappa shape index (κ2) is 7.18. The van der Waals surface area contributed by atoms with Crippen molar-refractivity contribution in [2.24, 2.45) is 0 Å². The van der Waals surface area contributed by atoms with Gasteiger partial charge < -0.3 is 10.2 Å². The van der Waals surface area contributed by atoms with Gasteiger partial charge in [0, 0.05) is 19.5 Å². The Morgan fingerprint density at radius 1 is 1.31 bits per heavy atom. The van der Waals surface area contributed by atoms with Crippen LogP contribution in [0.2, 0.25) is 0 Å². The zero-order valence-corrected chi connectivity index (χ0v) is 16.0. The third-order valence-electron chi connectivity index (χ3n) is 4.15. The third kappa shape index (κ3) is 3.50. The van der Waals surface area contributed by atoms with Gasteiger partial charge in [-0.15, -0.1) is 11.3 Å². The molecule has 2 amide bonds. The number of amides is 2. The number of anilines is 2. The molecule has 0 fully saturated rings. The van der Waals surface area contributed by atoms with Crippen molar-refractivity contribution in [1.29, 1.82) is 0 Å². The summed E-state index contributed by atoms with van der Waals surface area (Å²) in [7, 11) is -2.34. The lowest BCUT2D eigenvalue weighted by Crippen LogP contribution is -2.45. The van der Waals surface area contributed by atoms with Gasteiger partial charge in [0.05, 0.1) is 17.9 Å². The second-order valence-corrected chi connectivity index (χ2v) is 9.29. The van der Waals surface area contributed by atoms with E-state index in [1.54, 1.807) is 42.6 Å². The van der Waals surface area contributed by atoms with Gasteiger partial charge in [0.15, 0.2) is 0 Å². The summed E-state index contributed by atoms with van der Waals surface area (Å²) in [5.41, 5.74) is 1.11. The number of carbonyl (C=O) groups is 2. The lowest BCUT2D eigenvalue weighted by Gasteiger charge is -2.29. The van der Waals surface area contributed by atoms with Crippen molar-refractivity contribution in [1.82, 2.24) is 4.31 Å². The van der Waals surface area contributed by atoms with Gasteiger partial charge >= 0.3 is 0 Å². The summed E-state index contributed by atoms with van der Waals surface area (Å²) < 4.78 is 26.3. The van der Waals surface area contributed by atoms with E-state index in [9.17, 15) is 18.0 Å². The third-order valence-corrected chi connectivity index (χ3v) is 7.32. The monoisotopic (exact) mass is 393 g/mol. The zero-order valence-electron chi connectivity index (χ0n) is 14.4. The van der Waals surface area contributed by atoms with Crippen LogP contribution in [0.1, 0.15) is 13.3 Å². The first-order valence-corrected chi connectivity index (χ1v) is 10.3. The molecule has 1 aromatic heterocycles. The Balaban J connectivity index is 1.88. The maximum Gasteiger partial charge on any atom is 0.252 e. The minimum absolute atomic E-state index is 0.141. The summed E-state index contributed by atoms with van der Waals surface area (Å²) in [4.78, 5) is 26.4. The minimum atomic E-state index is -3.72. The fraction of sp³-hybridized carbons (Fsp3) is 0.294. The fourth-order valence-corrected chi connectivity index (χ4v) is 5.20. The van der Waals surface area contributed by atoms with E-state index < -0.39 is 10.0 Å². The Morgan fingerprint density at radius 2 is 2.04 bits per heavy atom. The Labute approximate surface area is 156 Å². The molecule has 0 saturated heterocycles. The summed E-state index contributed by atoms with van der Waals surface area (Å²) in [6.07, 6.45) is 0.141. The quantitative estimate of drug-likeness (QED) is 0.862. The van der Waals surface area contributed by atoms with E-state index in [-0.39, 0.29) is 35.0 Å². The second-order valence-electron chi connectivity index (χ2n) is 6.08. The minimum Gasteiger partial charge on any atom is -0.324 e. The molecule has 2 heterocycles. The maximum absolute atomic E-state index is 12.9.